The van der Waals surface area contributed by atoms with Crippen molar-refractivity contribution in [2.24, 2.45) is 10.4 Å². The van der Waals surface area contributed by atoms with Crippen molar-refractivity contribution in [3.63, 3.8) is 0 Å². The molecule has 2 saturated heterocycles. The lowest BCUT2D eigenvalue weighted by Crippen LogP contribution is -2.43. The first kappa shape index (κ1) is 16.1. The molecule has 3 rings (SSSR count). The molecule has 22 heavy (non-hydrogen) atoms. The maximum Gasteiger partial charge on any atom is 0.193 e. The van der Waals surface area contributed by atoms with Gasteiger partial charge in [0.2, 0.25) is 0 Å². The van der Waals surface area contributed by atoms with Crippen molar-refractivity contribution in [3.8, 4) is 0 Å². The average molecular weight is 309 g/mol. The molecule has 5 nitrogen and oxygen atoms in total. The quantitative estimate of drug-likeness (QED) is 0.463. The summed E-state index contributed by atoms with van der Waals surface area (Å²) in [6, 6.07) is 0. The molecule has 126 valence electrons. The molecule has 3 fully saturated rings. The van der Waals surface area contributed by atoms with Crippen molar-refractivity contribution in [3.05, 3.63) is 0 Å². The van der Waals surface area contributed by atoms with Crippen LogP contribution in [0.2, 0.25) is 0 Å². The molecule has 1 aliphatic carbocycles. The Balaban J connectivity index is 1.27. The minimum Gasteiger partial charge on any atom is -0.379 e. The van der Waals surface area contributed by atoms with Gasteiger partial charge in [0.15, 0.2) is 5.96 Å². The molecule has 1 saturated carbocycles. The molecule has 5 heteroatoms. The number of nitrogens with one attached hydrogen (secondary N) is 1. The monoisotopic (exact) mass is 309 g/mol. The van der Waals surface area contributed by atoms with E-state index in [4.69, 9.17) is 9.47 Å². The van der Waals surface area contributed by atoms with E-state index in [1.54, 1.807) is 0 Å². The summed E-state index contributed by atoms with van der Waals surface area (Å²) in [7, 11) is 1.89. The molecule has 1 unspecified atom stereocenters. The van der Waals surface area contributed by atoms with Crippen LogP contribution in [-0.2, 0) is 9.47 Å². The molecule has 0 aromatic carbocycles. The summed E-state index contributed by atoms with van der Waals surface area (Å²) >= 11 is 0. The first-order valence-corrected chi connectivity index (χ1v) is 8.96. The minimum atomic E-state index is 0.337. The molecule has 1 atom stereocenters. The van der Waals surface area contributed by atoms with E-state index in [0.29, 0.717) is 11.5 Å². The van der Waals surface area contributed by atoms with E-state index in [-0.39, 0.29) is 0 Å². The SMILES string of the molecule is CN=C(NCCCOCC1CCCO1)N1CCC2(CCC2)C1. The second-order valence-corrected chi connectivity index (χ2v) is 7.06. The van der Waals surface area contributed by atoms with Crippen LogP contribution in [0.3, 0.4) is 0 Å². The van der Waals surface area contributed by atoms with Crippen LogP contribution in [0.15, 0.2) is 4.99 Å². The Hall–Kier alpha value is -0.810. The predicted octanol–water partition coefficient (Wildman–Crippen LogP) is 2.02. The van der Waals surface area contributed by atoms with Crippen LogP contribution in [-0.4, -0.2) is 63.5 Å². The molecular formula is C17H31N3O2. The fourth-order valence-electron chi connectivity index (χ4n) is 3.90. The number of likely N-dealkylation sites (tertiary alicyclic amines) is 1. The highest BCUT2D eigenvalue weighted by Gasteiger charge is 2.43. The van der Waals surface area contributed by atoms with Crippen molar-refractivity contribution in [2.75, 3.05) is 46.5 Å². The largest absolute Gasteiger partial charge is 0.379 e. The Morgan fingerprint density at radius 1 is 1.36 bits per heavy atom. The summed E-state index contributed by atoms with van der Waals surface area (Å²) in [5, 5.41) is 3.49. The molecule has 0 aromatic heterocycles. The predicted molar refractivity (Wildman–Crippen MR) is 88.2 cm³/mol. The van der Waals surface area contributed by atoms with Crippen molar-refractivity contribution >= 4 is 5.96 Å². The third-order valence-electron chi connectivity index (χ3n) is 5.44. The van der Waals surface area contributed by atoms with Gasteiger partial charge in [-0.25, -0.2) is 0 Å². The number of guanidine groups is 1. The van der Waals surface area contributed by atoms with Crippen LogP contribution in [0, 0.1) is 5.41 Å². The zero-order chi connectivity index (χ0) is 15.3. The Kier molecular flexibility index (Phi) is 5.58. The summed E-state index contributed by atoms with van der Waals surface area (Å²) in [4.78, 5) is 6.88. The van der Waals surface area contributed by atoms with Gasteiger partial charge in [0.1, 0.15) is 0 Å². The van der Waals surface area contributed by atoms with Crippen molar-refractivity contribution in [1.29, 1.82) is 0 Å². The second-order valence-electron chi connectivity index (χ2n) is 7.06. The fraction of sp³-hybridized carbons (Fsp3) is 0.941. The standard InChI is InChI=1S/C17H31N3O2/c1-18-16(20-10-8-17(14-20)6-3-7-17)19-9-4-11-21-13-15-5-2-12-22-15/h15H,2-14H2,1H3,(H,18,19). The summed E-state index contributed by atoms with van der Waals surface area (Å²) in [5.74, 6) is 1.07. The summed E-state index contributed by atoms with van der Waals surface area (Å²) in [6.45, 7) is 5.75. The van der Waals surface area contributed by atoms with Crippen molar-refractivity contribution < 1.29 is 9.47 Å². The van der Waals surface area contributed by atoms with Gasteiger partial charge in [0.25, 0.3) is 0 Å². The molecule has 0 amide bonds. The minimum absolute atomic E-state index is 0.337. The van der Waals surface area contributed by atoms with Gasteiger partial charge in [-0.1, -0.05) is 6.42 Å². The lowest BCUT2D eigenvalue weighted by molar-refractivity contribution is 0.0168. The lowest BCUT2D eigenvalue weighted by Gasteiger charge is -2.38. The molecule has 0 aromatic rings. The van der Waals surface area contributed by atoms with Gasteiger partial charge in [-0.15, -0.1) is 0 Å². The highest BCUT2D eigenvalue weighted by atomic mass is 16.5. The van der Waals surface area contributed by atoms with Gasteiger partial charge in [-0.2, -0.15) is 0 Å². The first-order chi connectivity index (χ1) is 10.8. The fourth-order valence-corrected chi connectivity index (χ4v) is 3.90. The number of hydrogen-bond donors (Lipinski definition) is 1. The van der Waals surface area contributed by atoms with Crippen molar-refractivity contribution in [1.82, 2.24) is 10.2 Å². The number of rotatable bonds is 6. The zero-order valence-corrected chi connectivity index (χ0v) is 14.0. The van der Waals surface area contributed by atoms with Crippen LogP contribution >= 0.6 is 0 Å². The number of aliphatic imine (C=N–C) groups is 1. The summed E-state index contributed by atoms with van der Waals surface area (Å²) in [5.41, 5.74) is 0.627. The van der Waals surface area contributed by atoms with E-state index in [1.165, 1.54) is 38.6 Å². The number of nitrogens with zero attached hydrogens (tertiary/aromatic N) is 2. The van der Waals surface area contributed by atoms with Crippen LogP contribution in [0.5, 0.6) is 0 Å². The number of hydrogen-bond acceptors (Lipinski definition) is 3. The summed E-state index contributed by atoms with van der Waals surface area (Å²) in [6.07, 6.45) is 9.29. The van der Waals surface area contributed by atoms with E-state index in [1.807, 2.05) is 7.05 Å². The Morgan fingerprint density at radius 3 is 2.91 bits per heavy atom. The van der Waals surface area contributed by atoms with Gasteiger partial charge >= 0.3 is 0 Å². The maximum atomic E-state index is 5.70. The lowest BCUT2D eigenvalue weighted by atomic mass is 9.68. The molecule has 1 spiro atoms. The molecule has 2 heterocycles. The Labute approximate surface area is 134 Å². The normalized spacial score (nSPS) is 27.4. The van der Waals surface area contributed by atoms with Gasteiger partial charge < -0.3 is 19.7 Å². The van der Waals surface area contributed by atoms with Gasteiger partial charge in [0, 0.05) is 39.9 Å². The second kappa shape index (κ2) is 7.64. The Bertz CT molecular complexity index is 376. The molecule has 3 aliphatic rings. The van der Waals surface area contributed by atoms with Gasteiger partial charge in [0.05, 0.1) is 12.7 Å². The van der Waals surface area contributed by atoms with Crippen LogP contribution in [0.4, 0.5) is 0 Å². The zero-order valence-electron chi connectivity index (χ0n) is 14.0. The molecule has 0 bridgehead atoms. The van der Waals surface area contributed by atoms with Gasteiger partial charge in [-0.3, -0.25) is 4.99 Å². The molecule has 2 aliphatic heterocycles. The smallest absolute Gasteiger partial charge is 0.193 e. The van der Waals surface area contributed by atoms with E-state index >= 15 is 0 Å². The van der Waals surface area contributed by atoms with Crippen LogP contribution < -0.4 is 5.32 Å². The maximum absolute atomic E-state index is 5.70. The van der Waals surface area contributed by atoms with E-state index in [2.05, 4.69) is 15.2 Å². The topological polar surface area (TPSA) is 46.1 Å². The van der Waals surface area contributed by atoms with Crippen LogP contribution in [0.1, 0.15) is 44.9 Å². The molecule has 0 radical (unpaired) electrons. The number of ether oxygens (including phenoxy) is 2. The van der Waals surface area contributed by atoms with E-state index < -0.39 is 0 Å². The Morgan fingerprint density at radius 2 is 2.27 bits per heavy atom. The van der Waals surface area contributed by atoms with Gasteiger partial charge in [-0.05, 0) is 43.9 Å². The highest BCUT2D eigenvalue weighted by Crippen LogP contribution is 2.47. The third-order valence-corrected chi connectivity index (χ3v) is 5.44. The first-order valence-electron chi connectivity index (χ1n) is 8.96. The molecular weight excluding hydrogens is 278 g/mol. The highest BCUT2D eigenvalue weighted by molar-refractivity contribution is 5.80. The van der Waals surface area contributed by atoms with Crippen LogP contribution in [0.25, 0.3) is 0 Å². The summed E-state index contributed by atoms with van der Waals surface area (Å²) < 4.78 is 11.3. The van der Waals surface area contributed by atoms with E-state index in [0.717, 1.165) is 51.7 Å². The average Bonchev–Trinajstić information content (AvgIpc) is 3.15. The molecule has 1 N–H and O–H groups in total. The van der Waals surface area contributed by atoms with Crippen molar-refractivity contribution in [2.45, 2.75) is 51.0 Å². The third kappa shape index (κ3) is 3.93. The van der Waals surface area contributed by atoms with E-state index in [9.17, 15) is 0 Å².